The van der Waals surface area contributed by atoms with Crippen LogP contribution < -0.4 is 0 Å². The maximum Gasteiger partial charge on any atom is 0.508 e. The average Bonchev–Trinajstić information content (AvgIpc) is 4.19. The largest absolute Gasteiger partial charge is 0.508 e. The van der Waals surface area contributed by atoms with Crippen molar-refractivity contribution in [2.45, 2.75) is 234 Å². The van der Waals surface area contributed by atoms with Crippen LogP contribution in [0, 0.1) is 116 Å². The van der Waals surface area contributed by atoms with Crippen molar-refractivity contribution in [3.63, 3.8) is 0 Å². The molecule has 2 aliphatic heterocycles. The fraction of sp³-hybridized carbons (Fsp3) is 0.984. The lowest BCUT2D eigenvalue weighted by atomic mass is 9.41. The summed E-state index contributed by atoms with van der Waals surface area (Å²) < 4.78 is 25.4. The number of rotatable bonds is 16. The standard InChI is InChI=1S/C61H102O7/c1-37(2)13-11-15-39(5)47-21-23-49-45-19-17-41-29-43(62)31-53(58(41,9)51(45)25-27-56(47,49)7)60(35-67-60)33-65-55(64)66-34-61(36-68-61)54-32-44(63)30-42-18-20-46-50-24-22-48(40(6)16-12-14-38(3)4)57(50,8)28-26-52(46)59(42,54)10/h37-54,62-63H,11-36H2,1-10H3/t39-,40-,41-,42-,43+,44+,45-,46-,47-,48-,49+,50+,51+,52+,53?,54?,56-,57-,58+,59+,60?,61?/m1/s1. The van der Waals surface area contributed by atoms with Crippen LogP contribution in [0.25, 0.3) is 0 Å². The van der Waals surface area contributed by atoms with Crippen LogP contribution in [-0.2, 0) is 18.9 Å². The second-order valence-corrected chi connectivity index (χ2v) is 29.0. The Kier molecular flexibility index (Phi) is 14.0. The molecule has 10 rings (SSSR count). The van der Waals surface area contributed by atoms with Gasteiger partial charge in [-0.2, -0.15) is 0 Å². The maximum absolute atomic E-state index is 13.9. The van der Waals surface area contributed by atoms with Crippen molar-refractivity contribution < 1.29 is 34.0 Å². The SMILES string of the molecule is CC(C)CCC[C@@H](C)[C@H]1CC[C@H]2[C@H]3CC[C@@H]4C[C@H](O)CC(C5(COC(=O)OCC6(C7C[C@@H](O)C[C@H]8CC[C@@H]9[C@@H]%10CC[C@H]([C@H](C)CCCC(C)C)[C@@]%10(C)CC[C@@H]9[C@@]78C)CO6)CO5)[C@]4(C)[C@H]3CC[C@]12C. The van der Waals surface area contributed by atoms with E-state index in [2.05, 4.69) is 69.2 Å². The molecule has 0 aromatic heterocycles. The highest BCUT2D eigenvalue weighted by molar-refractivity contribution is 5.60. The third-order valence-electron chi connectivity index (χ3n) is 25.1. The number of aliphatic hydroxyl groups is 2. The monoisotopic (exact) mass is 947 g/mol. The fourth-order valence-electron chi connectivity index (χ4n) is 21.6. The van der Waals surface area contributed by atoms with Crippen molar-refractivity contribution in [2.75, 3.05) is 26.4 Å². The molecule has 388 valence electrons. The first kappa shape index (κ1) is 50.6. The van der Waals surface area contributed by atoms with E-state index in [1.807, 2.05) is 0 Å². The van der Waals surface area contributed by atoms with Crippen molar-refractivity contribution >= 4 is 6.16 Å². The van der Waals surface area contributed by atoms with Gasteiger partial charge in [0.1, 0.15) is 24.4 Å². The van der Waals surface area contributed by atoms with Gasteiger partial charge in [-0.3, -0.25) is 0 Å². The third kappa shape index (κ3) is 8.53. The molecule has 10 fully saturated rings. The van der Waals surface area contributed by atoms with Gasteiger partial charge in [0.15, 0.2) is 0 Å². The van der Waals surface area contributed by atoms with E-state index in [9.17, 15) is 15.0 Å². The maximum atomic E-state index is 13.9. The Morgan fingerprint density at radius 1 is 0.529 bits per heavy atom. The van der Waals surface area contributed by atoms with Crippen molar-refractivity contribution in [1.82, 2.24) is 0 Å². The molecule has 0 aromatic carbocycles. The zero-order chi connectivity index (χ0) is 48.2. The second kappa shape index (κ2) is 18.8. The smallest absolute Gasteiger partial charge is 0.431 e. The van der Waals surface area contributed by atoms with Crippen LogP contribution in [0.1, 0.15) is 210 Å². The van der Waals surface area contributed by atoms with Crippen LogP contribution in [0.4, 0.5) is 4.79 Å². The molecule has 7 nitrogen and oxygen atoms in total. The summed E-state index contributed by atoms with van der Waals surface area (Å²) in [6.45, 7) is 26.7. The van der Waals surface area contributed by atoms with Gasteiger partial charge in [0.2, 0.25) is 0 Å². The number of fused-ring (bicyclic) bond motifs is 10. The predicted octanol–water partition coefficient (Wildman–Crippen LogP) is 14.1. The highest BCUT2D eigenvalue weighted by atomic mass is 16.7. The molecule has 68 heavy (non-hydrogen) atoms. The normalized spacial score (nSPS) is 51.1. The molecule has 2 saturated heterocycles. The van der Waals surface area contributed by atoms with Gasteiger partial charge in [0.05, 0.1) is 25.4 Å². The number of carbonyl (C=O) groups excluding carboxylic acids is 1. The molecular weight excluding hydrogens is 845 g/mol. The number of hydrogen-bond acceptors (Lipinski definition) is 7. The summed E-state index contributed by atoms with van der Waals surface area (Å²) in [6, 6.07) is 0. The summed E-state index contributed by atoms with van der Waals surface area (Å²) in [5.41, 5.74) is -0.146. The van der Waals surface area contributed by atoms with E-state index in [-0.39, 0.29) is 48.1 Å². The lowest BCUT2D eigenvalue weighted by Gasteiger charge is -2.64. The van der Waals surface area contributed by atoms with Gasteiger partial charge < -0.3 is 29.2 Å². The minimum absolute atomic E-state index is 0.0491. The first-order valence-electron chi connectivity index (χ1n) is 29.7. The molecule has 0 spiro atoms. The van der Waals surface area contributed by atoms with Gasteiger partial charge in [-0.1, -0.05) is 108 Å². The van der Waals surface area contributed by atoms with Crippen molar-refractivity contribution in [1.29, 1.82) is 0 Å². The summed E-state index contributed by atoms with van der Waals surface area (Å²) in [7, 11) is 0. The Morgan fingerprint density at radius 2 is 0.926 bits per heavy atom. The van der Waals surface area contributed by atoms with Crippen LogP contribution >= 0.6 is 0 Å². The molecule has 0 amide bonds. The molecule has 2 N–H and O–H groups in total. The molecule has 7 heteroatoms. The van der Waals surface area contributed by atoms with Crippen LogP contribution in [0.2, 0.25) is 0 Å². The topological polar surface area (TPSA) is 101 Å². The summed E-state index contributed by atoms with van der Waals surface area (Å²) in [5, 5.41) is 23.0. The van der Waals surface area contributed by atoms with Gasteiger partial charge in [-0.15, -0.1) is 0 Å². The molecule has 0 radical (unpaired) electrons. The molecule has 10 aliphatic rings. The van der Waals surface area contributed by atoms with Gasteiger partial charge in [0.25, 0.3) is 0 Å². The third-order valence-corrected chi connectivity index (χ3v) is 25.1. The van der Waals surface area contributed by atoms with Crippen LogP contribution in [0.5, 0.6) is 0 Å². The zero-order valence-electron chi connectivity index (χ0n) is 45.2. The molecule has 0 aromatic rings. The summed E-state index contributed by atoms with van der Waals surface area (Å²) >= 11 is 0. The Hall–Kier alpha value is -0.890. The molecule has 2 heterocycles. The van der Waals surface area contributed by atoms with Crippen molar-refractivity contribution in [2.24, 2.45) is 116 Å². The molecule has 4 unspecified atom stereocenters. The highest BCUT2D eigenvalue weighted by Gasteiger charge is 2.71. The van der Waals surface area contributed by atoms with E-state index in [1.165, 1.54) is 116 Å². The zero-order valence-corrected chi connectivity index (χ0v) is 45.2. The van der Waals surface area contributed by atoms with Crippen LogP contribution in [0.15, 0.2) is 0 Å². The van der Waals surface area contributed by atoms with Gasteiger partial charge >= 0.3 is 6.16 Å². The molecule has 8 aliphatic carbocycles. The molecule has 8 saturated carbocycles. The number of aliphatic hydroxyl groups excluding tert-OH is 2. The molecular formula is C61H102O7. The van der Waals surface area contributed by atoms with Gasteiger partial charge in [-0.25, -0.2) is 4.79 Å². The van der Waals surface area contributed by atoms with Crippen LogP contribution in [-0.4, -0.2) is 66.2 Å². The van der Waals surface area contributed by atoms with Gasteiger partial charge in [0, 0.05) is 11.8 Å². The molecule has 0 bridgehead atoms. The average molecular weight is 947 g/mol. The minimum atomic E-state index is -0.616. The second-order valence-electron chi connectivity index (χ2n) is 29.0. The number of carbonyl (C=O) groups is 1. The van der Waals surface area contributed by atoms with E-state index in [0.717, 1.165) is 84.9 Å². The van der Waals surface area contributed by atoms with E-state index in [0.29, 0.717) is 47.7 Å². The summed E-state index contributed by atoms with van der Waals surface area (Å²) in [6.07, 6.45) is 25.9. The summed E-state index contributed by atoms with van der Waals surface area (Å²) in [4.78, 5) is 13.9. The summed E-state index contributed by atoms with van der Waals surface area (Å²) in [5.74, 6) is 10.4. The fourth-order valence-corrected chi connectivity index (χ4v) is 21.6. The van der Waals surface area contributed by atoms with Crippen molar-refractivity contribution in [3.8, 4) is 0 Å². The van der Waals surface area contributed by atoms with E-state index in [1.54, 1.807) is 0 Å². The first-order valence-corrected chi connectivity index (χ1v) is 29.7. The Labute approximate surface area is 415 Å². The van der Waals surface area contributed by atoms with E-state index < -0.39 is 17.4 Å². The minimum Gasteiger partial charge on any atom is -0.431 e. The quantitative estimate of drug-likeness (QED) is 0.117. The molecule has 22 atom stereocenters. The highest BCUT2D eigenvalue weighted by Crippen LogP contribution is 2.73. The lowest BCUT2D eigenvalue weighted by Crippen LogP contribution is -2.61. The number of hydrogen-bond donors (Lipinski definition) is 2. The van der Waals surface area contributed by atoms with E-state index in [4.69, 9.17) is 18.9 Å². The van der Waals surface area contributed by atoms with Crippen LogP contribution in [0.3, 0.4) is 0 Å². The van der Waals surface area contributed by atoms with E-state index >= 15 is 0 Å². The predicted molar refractivity (Wildman–Crippen MR) is 271 cm³/mol. The Morgan fingerprint density at radius 3 is 1.29 bits per heavy atom. The Balaban J connectivity index is 0.789. The number of epoxide rings is 2. The lowest BCUT2D eigenvalue weighted by molar-refractivity contribution is -0.178. The first-order chi connectivity index (χ1) is 32.3. The van der Waals surface area contributed by atoms with Crippen molar-refractivity contribution in [3.05, 3.63) is 0 Å². The van der Waals surface area contributed by atoms with Gasteiger partial charge in [-0.05, 0) is 207 Å². The Bertz CT molecular complexity index is 1650. The number of ether oxygens (including phenoxy) is 4.